The molecule has 25 heavy (non-hydrogen) atoms. The number of aryl methyl sites for hydroxylation is 1. The standard InChI is InChI=1S/C16H22F3N5O/c1-9-10(2)12(23-7-14(3,4)25-15(5,6)8-23)22-24-11(9)20-21-13(24)16(17,18)19/h7-8H2,1-6H3. The van der Waals surface area contributed by atoms with Gasteiger partial charge in [-0.1, -0.05) is 0 Å². The third-order valence-corrected chi connectivity index (χ3v) is 4.32. The molecule has 1 saturated heterocycles. The van der Waals surface area contributed by atoms with Gasteiger partial charge in [0, 0.05) is 24.2 Å². The van der Waals surface area contributed by atoms with Gasteiger partial charge in [0.1, 0.15) is 0 Å². The van der Waals surface area contributed by atoms with Crippen molar-refractivity contribution in [2.24, 2.45) is 0 Å². The number of hydrogen-bond donors (Lipinski definition) is 0. The molecule has 2 aromatic heterocycles. The summed E-state index contributed by atoms with van der Waals surface area (Å²) >= 11 is 0. The van der Waals surface area contributed by atoms with Crippen LogP contribution in [0.2, 0.25) is 0 Å². The van der Waals surface area contributed by atoms with Gasteiger partial charge in [0.05, 0.1) is 11.2 Å². The second-order valence-electron chi connectivity index (χ2n) is 7.81. The van der Waals surface area contributed by atoms with Gasteiger partial charge < -0.3 is 9.64 Å². The van der Waals surface area contributed by atoms with Crippen LogP contribution in [0.25, 0.3) is 5.65 Å². The summed E-state index contributed by atoms with van der Waals surface area (Å²) in [5.74, 6) is -0.613. The molecule has 0 spiro atoms. The van der Waals surface area contributed by atoms with Gasteiger partial charge in [-0.3, -0.25) is 0 Å². The maximum Gasteiger partial charge on any atom is 0.453 e. The van der Waals surface area contributed by atoms with Crippen LogP contribution in [-0.2, 0) is 10.9 Å². The van der Waals surface area contributed by atoms with Crippen molar-refractivity contribution in [3.63, 3.8) is 0 Å². The van der Waals surface area contributed by atoms with E-state index in [-0.39, 0.29) is 5.65 Å². The Bertz CT molecular complexity index is 809. The molecule has 0 amide bonds. The Kier molecular flexibility index (Phi) is 3.79. The summed E-state index contributed by atoms with van der Waals surface area (Å²) in [6, 6.07) is 0. The van der Waals surface area contributed by atoms with Crippen LogP contribution in [0.4, 0.5) is 19.0 Å². The SMILES string of the molecule is Cc1c(N2CC(C)(C)OC(C)(C)C2)nn2c(C(F)(F)F)nnc2c1C. The fourth-order valence-electron chi connectivity index (χ4n) is 3.53. The van der Waals surface area contributed by atoms with Crippen molar-refractivity contribution < 1.29 is 17.9 Å². The lowest BCUT2D eigenvalue weighted by Gasteiger charge is -2.47. The molecular formula is C16H22F3N5O. The molecule has 6 nitrogen and oxygen atoms in total. The molecule has 0 N–H and O–H groups in total. The number of nitrogens with zero attached hydrogens (tertiary/aromatic N) is 5. The first-order valence-electron chi connectivity index (χ1n) is 8.06. The number of alkyl halides is 3. The highest BCUT2D eigenvalue weighted by Gasteiger charge is 2.41. The second-order valence-corrected chi connectivity index (χ2v) is 7.81. The first-order valence-corrected chi connectivity index (χ1v) is 8.06. The smallest absolute Gasteiger partial charge is 0.366 e. The first kappa shape index (κ1) is 17.9. The molecule has 2 aromatic rings. The number of hydrogen-bond acceptors (Lipinski definition) is 5. The van der Waals surface area contributed by atoms with Gasteiger partial charge >= 0.3 is 6.18 Å². The van der Waals surface area contributed by atoms with Crippen LogP contribution >= 0.6 is 0 Å². The minimum atomic E-state index is -4.62. The second kappa shape index (κ2) is 5.30. The van der Waals surface area contributed by atoms with E-state index in [4.69, 9.17) is 4.74 Å². The molecule has 3 heterocycles. The molecule has 3 rings (SSSR count). The van der Waals surface area contributed by atoms with Crippen LogP contribution in [0.3, 0.4) is 0 Å². The molecule has 138 valence electrons. The highest BCUT2D eigenvalue weighted by Crippen LogP contribution is 2.34. The van der Waals surface area contributed by atoms with Crippen molar-refractivity contribution in [1.82, 2.24) is 19.8 Å². The number of anilines is 1. The van der Waals surface area contributed by atoms with E-state index in [1.165, 1.54) is 0 Å². The Morgan fingerprint density at radius 1 is 0.960 bits per heavy atom. The Morgan fingerprint density at radius 2 is 1.52 bits per heavy atom. The zero-order valence-corrected chi connectivity index (χ0v) is 15.2. The number of ether oxygens (including phenoxy) is 1. The number of halogens is 3. The van der Waals surface area contributed by atoms with E-state index >= 15 is 0 Å². The molecule has 0 radical (unpaired) electrons. The maximum atomic E-state index is 13.2. The number of morpholine rings is 1. The van der Waals surface area contributed by atoms with E-state index in [9.17, 15) is 13.2 Å². The Morgan fingerprint density at radius 3 is 2.04 bits per heavy atom. The highest BCUT2D eigenvalue weighted by molar-refractivity contribution is 5.59. The van der Waals surface area contributed by atoms with Crippen molar-refractivity contribution in [1.29, 1.82) is 0 Å². The molecule has 9 heteroatoms. The molecule has 0 unspecified atom stereocenters. The van der Waals surface area contributed by atoms with Gasteiger partial charge in [-0.25, -0.2) is 0 Å². The van der Waals surface area contributed by atoms with Crippen LogP contribution in [0.5, 0.6) is 0 Å². The van der Waals surface area contributed by atoms with Crippen LogP contribution in [0.1, 0.15) is 44.6 Å². The monoisotopic (exact) mass is 357 g/mol. The lowest BCUT2D eigenvalue weighted by atomic mass is 9.98. The van der Waals surface area contributed by atoms with Gasteiger partial charge in [0.15, 0.2) is 11.5 Å². The number of aromatic nitrogens is 4. The predicted molar refractivity (Wildman–Crippen MR) is 86.7 cm³/mol. The molecule has 0 saturated carbocycles. The van der Waals surface area contributed by atoms with Gasteiger partial charge in [0.25, 0.3) is 5.82 Å². The zero-order chi connectivity index (χ0) is 18.8. The Balaban J connectivity index is 2.18. The van der Waals surface area contributed by atoms with Gasteiger partial charge in [0.2, 0.25) is 0 Å². The first-order chi connectivity index (χ1) is 11.3. The van der Waals surface area contributed by atoms with Gasteiger partial charge in [-0.15, -0.1) is 15.3 Å². The van der Waals surface area contributed by atoms with Crippen molar-refractivity contribution >= 4 is 11.5 Å². The summed E-state index contributed by atoms with van der Waals surface area (Å²) in [7, 11) is 0. The fourth-order valence-corrected chi connectivity index (χ4v) is 3.53. The third kappa shape index (κ3) is 3.17. The van der Waals surface area contributed by atoms with Crippen LogP contribution in [-0.4, -0.2) is 44.1 Å². The minimum Gasteiger partial charge on any atom is -0.366 e. The molecule has 0 atom stereocenters. The van der Waals surface area contributed by atoms with Crippen molar-refractivity contribution in [2.45, 2.75) is 58.9 Å². The number of rotatable bonds is 1. The van der Waals surface area contributed by atoms with Crippen LogP contribution in [0, 0.1) is 13.8 Å². The summed E-state index contributed by atoms with van der Waals surface area (Å²) < 4.78 is 46.5. The number of fused-ring (bicyclic) bond motifs is 1. The molecule has 0 bridgehead atoms. The fraction of sp³-hybridized carbons (Fsp3) is 0.688. The molecule has 0 aliphatic carbocycles. The summed E-state index contributed by atoms with van der Waals surface area (Å²) in [6.45, 7) is 12.5. The van der Waals surface area contributed by atoms with E-state index in [0.29, 0.717) is 24.5 Å². The summed E-state index contributed by atoms with van der Waals surface area (Å²) in [6.07, 6.45) is -4.62. The lowest BCUT2D eigenvalue weighted by molar-refractivity contribution is -0.146. The largest absolute Gasteiger partial charge is 0.453 e. The van der Waals surface area contributed by atoms with Crippen molar-refractivity contribution in [3.8, 4) is 0 Å². The Labute approximate surface area is 144 Å². The predicted octanol–water partition coefficient (Wildman–Crippen LogP) is 3.15. The third-order valence-electron chi connectivity index (χ3n) is 4.32. The van der Waals surface area contributed by atoms with E-state index in [1.807, 2.05) is 39.5 Å². The summed E-state index contributed by atoms with van der Waals surface area (Å²) in [4.78, 5) is 1.98. The minimum absolute atomic E-state index is 0.125. The van der Waals surface area contributed by atoms with Crippen LogP contribution < -0.4 is 4.90 Å². The highest BCUT2D eigenvalue weighted by atomic mass is 19.4. The zero-order valence-electron chi connectivity index (χ0n) is 15.2. The van der Waals surface area contributed by atoms with Crippen LogP contribution in [0.15, 0.2) is 0 Å². The molecular weight excluding hydrogens is 335 g/mol. The summed E-state index contributed by atoms with van der Waals surface area (Å²) in [5.41, 5.74) is 0.662. The van der Waals surface area contributed by atoms with E-state index in [0.717, 1.165) is 10.1 Å². The lowest BCUT2D eigenvalue weighted by Crippen LogP contribution is -2.57. The van der Waals surface area contributed by atoms with E-state index in [2.05, 4.69) is 15.3 Å². The van der Waals surface area contributed by atoms with E-state index < -0.39 is 23.2 Å². The molecule has 1 aliphatic rings. The molecule has 1 aliphatic heterocycles. The molecule has 1 fully saturated rings. The summed E-state index contributed by atoms with van der Waals surface area (Å²) in [5, 5.41) is 11.2. The topological polar surface area (TPSA) is 55.5 Å². The van der Waals surface area contributed by atoms with E-state index in [1.54, 1.807) is 6.92 Å². The van der Waals surface area contributed by atoms with Gasteiger partial charge in [-0.05, 0) is 41.5 Å². The Hall–Kier alpha value is -1.90. The maximum absolute atomic E-state index is 13.2. The van der Waals surface area contributed by atoms with Crippen molar-refractivity contribution in [2.75, 3.05) is 18.0 Å². The average Bonchev–Trinajstić information content (AvgIpc) is 2.83. The quantitative estimate of drug-likeness (QED) is 0.785. The van der Waals surface area contributed by atoms with Crippen molar-refractivity contribution in [3.05, 3.63) is 17.0 Å². The normalized spacial score (nSPS) is 20.3. The average molecular weight is 357 g/mol. The van der Waals surface area contributed by atoms with Gasteiger partial charge in [-0.2, -0.15) is 17.7 Å². The molecule has 0 aromatic carbocycles.